The van der Waals surface area contributed by atoms with Crippen molar-refractivity contribution in [1.29, 1.82) is 0 Å². The second-order valence-corrected chi connectivity index (χ2v) is 4.90. The highest BCUT2D eigenvalue weighted by molar-refractivity contribution is 6.07. The highest BCUT2D eigenvalue weighted by atomic mass is 16.5. The molecule has 0 amide bonds. The summed E-state index contributed by atoms with van der Waals surface area (Å²) in [6.45, 7) is 1.87. The SMILES string of the molecule is CCOC(=O)c1c(N=CN(C)C)c(=O)oc2ccc(OC)cc12. The largest absolute Gasteiger partial charge is 0.497 e. The van der Waals surface area contributed by atoms with Crippen LogP contribution in [0, 0.1) is 0 Å². The Kier molecular flexibility index (Phi) is 5.00. The number of hydrogen-bond donors (Lipinski definition) is 0. The minimum absolute atomic E-state index is 0.0649. The Morgan fingerprint density at radius 1 is 1.39 bits per heavy atom. The molecule has 7 heteroatoms. The maximum absolute atomic E-state index is 12.3. The number of fused-ring (bicyclic) bond motifs is 1. The van der Waals surface area contributed by atoms with Crippen LogP contribution in [0.3, 0.4) is 0 Å². The van der Waals surface area contributed by atoms with Crippen LogP contribution in [-0.2, 0) is 4.74 Å². The van der Waals surface area contributed by atoms with Gasteiger partial charge in [0.25, 0.3) is 0 Å². The first kappa shape index (κ1) is 16.5. The molecule has 23 heavy (non-hydrogen) atoms. The van der Waals surface area contributed by atoms with Crippen LogP contribution < -0.4 is 10.4 Å². The Morgan fingerprint density at radius 2 is 2.13 bits per heavy atom. The Labute approximate surface area is 133 Å². The lowest BCUT2D eigenvalue weighted by atomic mass is 10.1. The number of benzene rings is 1. The van der Waals surface area contributed by atoms with Gasteiger partial charge in [-0.3, -0.25) is 0 Å². The van der Waals surface area contributed by atoms with Gasteiger partial charge in [0.2, 0.25) is 0 Å². The molecular formula is C16H18N2O5. The van der Waals surface area contributed by atoms with E-state index < -0.39 is 11.6 Å². The number of aliphatic imine (C=N–C) groups is 1. The van der Waals surface area contributed by atoms with Crippen molar-refractivity contribution in [2.75, 3.05) is 27.8 Å². The molecule has 1 aromatic carbocycles. The van der Waals surface area contributed by atoms with Crippen LogP contribution in [0.15, 0.2) is 32.4 Å². The summed E-state index contributed by atoms with van der Waals surface area (Å²) in [4.78, 5) is 30.2. The standard InChI is InChI=1S/C16H18N2O5/c1-5-22-15(19)13-11-8-10(21-4)6-7-12(11)23-16(20)14(13)17-9-18(2)3/h6-9H,5H2,1-4H3. The zero-order chi connectivity index (χ0) is 17.0. The number of esters is 1. The predicted octanol–water partition coefficient (Wildman–Crippen LogP) is 2.20. The van der Waals surface area contributed by atoms with Gasteiger partial charge in [0.1, 0.15) is 16.9 Å². The van der Waals surface area contributed by atoms with Gasteiger partial charge in [-0.05, 0) is 25.1 Å². The van der Waals surface area contributed by atoms with Crippen molar-refractivity contribution in [2.45, 2.75) is 6.92 Å². The summed E-state index contributed by atoms with van der Waals surface area (Å²) < 4.78 is 15.5. The third kappa shape index (κ3) is 3.50. The molecule has 1 aromatic heterocycles. The summed E-state index contributed by atoms with van der Waals surface area (Å²) in [5, 5.41) is 0.410. The Hall–Kier alpha value is -2.83. The molecule has 2 aromatic rings. The number of ether oxygens (including phenoxy) is 2. The Morgan fingerprint density at radius 3 is 2.74 bits per heavy atom. The summed E-state index contributed by atoms with van der Waals surface area (Å²) >= 11 is 0. The lowest BCUT2D eigenvalue weighted by Gasteiger charge is -2.10. The van der Waals surface area contributed by atoms with Crippen LogP contribution >= 0.6 is 0 Å². The lowest BCUT2D eigenvalue weighted by Crippen LogP contribution is -2.13. The van der Waals surface area contributed by atoms with Gasteiger partial charge in [-0.2, -0.15) is 0 Å². The summed E-state index contributed by atoms with van der Waals surface area (Å²) in [7, 11) is 5.01. The van der Waals surface area contributed by atoms with Gasteiger partial charge >= 0.3 is 11.6 Å². The van der Waals surface area contributed by atoms with E-state index >= 15 is 0 Å². The van der Waals surface area contributed by atoms with E-state index in [0.717, 1.165) is 0 Å². The highest BCUT2D eigenvalue weighted by Gasteiger charge is 2.22. The van der Waals surface area contributed by atoms with Gasteiger partial charge in [0.05, 0.1) is 20.1 Å². The summed E-state index contributed by atoms with van der Waals surface area (Å²) in [6.07, 6.45) is 1.42. The number of methoxy groups -OCH3 is 1. The topological polar surface area (TPSA) is 81.3 Å². The minimum Gasteiger partial charge on any atom is -0.497 e. The Bertz CT molecular complexity index is 808. The first-order chi connectivity index (χ1) is 11.0. The number of hydrogen-bond acceptors (Lipinski definition) is 6. The first-order valence-corrected chi connectivity index (χ1v) is 7.00. The average molecular weight is 318 g/mol. The van der Waals surface area contributed by atoms with E-state index in [1.165, 1.54) is 13.4 Å². The number of carbonyl (C=O) groups excluding carboxylic acids is 1. The van der Waals surface area contributed by atoms with E-state index in [1.54, 1.807) is 44.1 Å². The third-order valence-corrected chi connectivity index (χ3v) is 2.99. The third-order valence-electron chi connectivity index (χ3n) is 2.99. The van der Waals surface area contributed by atoms with Gasteiger partial charge in [-0.15, -0.1) is 0 Å². The smallest absolute Gasteiger partial charge is 0.363 e. The van der Waals surface area contributed by atoms with Gasteiger partial charge in [0, 0.05) is 19.5 Å². The number of rotatable bonds is 5. The van der Waals surface area contributed by atoms with Crippen molar-refractivity contribution in [3.05, 3.63) is 34.2 Å². The number of nitrogens with zero attached hydrogens (tertiary/aromatic N) is 2. The van der Waals surface area contributed by atoms with E-state index in [-0.39, 0.29) is 23.4 Å². The average Bonchev–Trinajstić information content (AvgIpc) is 2.51. The van der Waals surface area contributed by atoms with Crippen molar-refractivity contribution in [3.63, 3.8) is 0 Å². The zero-order valence-electron chi connectivity index (χ0n) is 13.5. The van der Waals surface area contributed by atoms with E-state index in [0.29, 0.717) is 11.1 Å². The second-order valence-electron chi connectivity index (χ2n) is 4.90. The van der Waals surface area contributed by atoms with E-state index in [2.05, 4.69) is 4.99 Å². The second kappa shape index (κ2) is 6.95. The molecule has 0 fully saturated rings. The number of carbonyl (C=O) groups is 1. The molecule has 122 valence electrons. The van der Waals surface area contributed by atoms with E-state index in [9.17, 15) is 9.59 Å². The fraction of sp³-hybridized carbons (Fsp3) is 0.312. The van der Waals surface area contributed by atoms with E-state index in [4.69, 9.17) is 13.9 Å². The maximum atomic E-state index is 12.3. The van der Waals surface area contributed by atoms with Crippen LogP contribution in [0.25, 0.3) is 11.0 Å². The molecule has 0 unspecified atom stereocenters. The van der Waals surface area contributed by atoms with Crippen LogP contribution in [-0.4, -0.2) is 45.0 Å². The van der Waals surface area contributed by atoms with E-state index in [1.807, 2.05) is 0 Å². The molecule has 7 nitrogen and oxygen atoms in total. The molecule has 2 rings (SSSR count). The van der Waals surface area contributed by atoms with Crippen molar-refractivity contribution in [2.24, 2.45) is 4.99 Å². The fourth-order valence-corrected chi connectivity index (χ4v) is 2.00. The van der Waals surface area contributed by atoms with Crippen molar-refractivity contribution in [1.82, 2.24) is 4.90 Å². The molecular weight excluding hydrogens is 300 g/mol. The van der Waals surface area contributed by atoms with Gasteiger partial charge < -0.3 is 18.8 Å². The molecule has 0 spiro atoms. The monoisotopic (exact) mass is 318 g/mol. The lowest BCUT2D eigenvalue weighted by molar-refractivity contribution is 0.0529. The molecule has 0 atom stereocenters. The minimum atomic E-state index is -0.705. The van der Waals surface area contributed by atoms with Crippen LogP contribution in [0.1, 0.15) is 17.3 Å². The maximum Gasteiger partial charge on any atom is 0.363 e. The molecule has 0 bridgehead atoms. The summed E-state index contributed by atoms with van der Waals surface area (Å²) in [5.41, 5.74) is -0.473. The quantitative estimate of drug-likeness (QED) is 0.364. The van der Waals surface area contributed by atoms with Crippen LogP contribution in [0.4, 0.5) is 5.69 Å². The zero-order valence-corrected chi connectivity index (χ0v) is 13.5. The van der Waals surface area contributed by atoms with Gasteiger partial charge in [-0.25, -0.2) is 14.6 Å². The molecule has 0 aliphatic carbocycles. The molecule has 0 saturated heterocycles. The van der Waals surface area contributed by atoms with Crippen molar-refractivity contribution >= 4 is 29.0 Å². The van der Waals surface area contributed by atoms with Crippen molar-refractivity contribution < 1.29 is 18.7 Å². The molecule has 0 N–H and O–H groups in total. The van der Waals surface area contributed by atoms with Crippen LogP contribution in [0.5, 0.6) is 5.75 Å². The fourth-order valence-electron chi connectivity index (χ4n) is 2.00. The van der Waals surface area contributed by atoms with Crippen LogP contribution in [0.2, 0.25) is 0 Å². The predicted molar refractivity (Wildman–Crippen MR) is 86.8 cm³/mol. The first-order valence-electron chi connectivity index (χ1n) is 7.00. The molecule has 0 radical (unpaired) electrons. The molecule has 1 heterocycles. The molecule has 0 saturated carbocycles. The van der Waals surface area contributed by atoms with Gasteiger partial charge in [0.15, 0.2) is 5.69 Å². The van der Waals surface area contributed by atoms with Gasteiger partial charge in [-0.1, -0.05) is 0 Å². The van der Waals surface area contributed by atoms with Crippen molar-refractivity contribution in [3.8, 4) is 5.75 Å². The highest BCUT2D eigenvalue weighted by Crippen LogP contribution is 2.29. The molecule has 0 aliphatic rings. The summed E-state index contributed by atoms with van der Waals surface area (Å²) in [6, 6.07) is 4.82. The molecule has 0 aliphatic heterocycles. The Balaban J connectivity index is 2.81. The summed E-state index contributed by atoms with van der Waals surface area (Å²) in [5.74, 6) is -0.107. The normalized spacial score (nSPS) is 11.0.